The van der Waals surface area contributed by atoms with Crippen LogP contribution in [0.1, 0.15) is 0 Å². The highest BCUT2D eigenvalue weighted by Crippen LogP contribution is 2.24. The summed E-state index contributed by atoms with van der Waals surface area (Å²) in [6.07, 6.45) is 2.07. The Morgan fingerprint density at radius 3 is 2.68 bits per heavy atom. The highest BCUT2D eigenvalue weighted by Gasteiger charge is 2.01. The molecule has 96 valence electrons. The van der Waals surface area contributed by atoms with Gasteiger partial charge < -0.3 is 14.6 Å². The third kappa shape index (κ3) is 2.27. The van der Waals surface area contributed by atoms with Gasteiger partial charge in [-0.15, -0.1) is 0 Å². The average molecular weight is 252 g/mol. The average Bonchev–Trinajstić information content (AvgIpc) is 2.80. The fourth-order valence-electron chi connectivity index (χ4n) is 2.23. The molecule has 3 aromatic rings. The Bertz CT molecular complexity index is 716. The zero-order chi connectivity index (χ0) is 13.2. The van der Waals surface area contributed by atoms with E-state index in [1.165, 1.54) is 10.9 Å². The Hall–Kier alpha value is -2.42. The van der Waals surface area contributed by atoms with Crippen molar-refractivity contribution < 1.29 is 4.74 Å². The van der Waals surface area contributed by atoms with Gasteiger partial charge in [-0.25, -0.2) is 0 Å². The summed E-state index contributed by atoms with van der Waals surface area (Å²) in [5.74, 6) is 0.853. The molecule has 1 aromatic heterocycles. The van der Waals surface area contributed by atoms with Crippen molar-refractivity contribution in [1.82, 2.24) is 4.57 Å². The fraction of sp³-hybridized carbons (Fsp3) is 0.125. The van der Waals surface area contributed by atoms with Crippen molar-refractivity contribution >= 4 is 22.3 Å². The van der Waals surface area contributed by atoms with E-state index in [1.54, 1.807) is 7.11 Å². The minimum Gasteiger partial charge on any atom is -0.497 e. The van der Waals surface area contributed by atoms with Gasteiger partial charge in [0, 0.05) is 41.6 Å². The lowest BCUT2D eigenvalue weighted by Gasteiger charge is -2.08. The van der Waals surface area contributed by atoms with Crippen LogP contribution in [0.3, 0.4) is 0 Å². The fourth-order valence-corrected chi connectivity index (χ4v) is 2.23. The molecule has 1 heterocycles. The van der Waals surface area contributed by atoms with Gasteiger partial charge in [0.05, 0.1) is 7.11 Å². The van der Waals surface area contributed by atoms with Crippen molar-refractivity contribution in [3.8, 4) is 5.75 Å². The summed E-state index contributed by atoms with van der Waals surface area (Å²) < 4.78 is 7.34. The maximum atomic E-state index is 5.22. The molecule has 0 amide bonds. The molecule has 0 saturated heterocycles. The van der Waals surface area contributed by atoms with Crippen LogP contribution in [0.25, 0.3) is 10.9 Å². The number of anilines is 2. The Kier molecular flexibility index (Phi) is 2.88. The lowest BCUT2D eigenvalue weighted by Crippen LogP contribution is -1.91. The number of nitrogens with zero attached hydrogens (tertiary/aromatic N) is 1. The van der Waals surface area contributed by atoms with Crippen LogP contribution in [0, 0.1) is 0 Å². The first-order chi connectivity index (χ1) is 9.26. The van der Waals surface area contributed by atoms with E-state index < -0.39 is 0 Å². The van der Waals surface area contributed by atoms with Gasteiger partial charge in [-0.1, -0.05) is 6.07 Å². The van der Waals surface area contributed by atoms with Crippen LogP contribution in [0.2, 0.25) is 0 Å². The number of hydrogen-bond donors (Lipinski definition) is 1. The van der Waals surface area contributed by atoms with Gasteiger partial charge in [-0.3, -0.25) is 0 Å². The summed E-state index contributed by atoms with van der Waals surface area (Å²) in [6.45, 7) is 0. The summed E-state index contributed by atoms with van der Waals surface area (Å²) in [5.41, 5.74) is 3.33. The van der Waals surface area contributed by atoms with Crippen molar-refractivity contribution in [1.29, 1.82) is 0 Å². The molecule has 0 atom stereocenters. The highest BCUT2D eigenvalue weighted by molar-refractivity contribution is 5.84. The van der Waals surface area contributed by atoms with Gasteiger partial charge in [-0.2, -0.15) is 0 Å². The third-order valence-corrected chi connectivity index (χ3v) is 3.24. The standard InChI is InChI=1S/C16H16N2O/c1-18-9-8-12-10-14(6-7-16(12)18)17-13-4-3-5-15(11-13)19-2/h3-11,17H,1-2H3. The summed E-state index contributed by atoms with van der Waals surface area (Å²) in [6, 6.07) is 16.4. The van der Waals surface area contributed by atoms with Gasteiger partial charge in [0.2, 0.25) is 0 Å². The molecule has 3 nitrogen and oxygen atoms in total. The molecular weight excluding hydrogens is 236 g/mol. The Morgan fingerprint density at radius 1 is 1.00 bits per heavy atom. The van der Waals surface area contributed by atoms with Crippen LogP contribution in [-0.2, 0) is 7.05 Å². The third-order valence-electron chi connectivity index (χ3n) is 3.24. The van der Waals surface area contributed by atoms with Crippen molar-refractivity contribution in [2.75, 3.05) is 12.4 Å². The normalized spacial score (nSPS) is 10.6. The molecule has 3 rings (SSSR count). The lowest BCUT2D eigenvalue weighted by molar-refractivity contribution is 0.415. The second kappa shape index (κ2) is 4.69. The molecular formula is C16H16N2O. The SMILES string of the molecule is COc1cccc(Nc2ccc3c(ccn3C)c2)c1. The van der Waals surface area contributed by atoms with Crippen LogP contribution in [0.4, 0.5) is 11.4 Å². The lowest BCUT2D eigenvalue weighted by atomic mass is 10.2. The summed E-state index contributed by atoms with van der Waals surface area (Å²) in [7, 11) is 3.73. The number of nitrogens with one attached hydrogen (secondary N) is 1. The molecule has 0 saturated carbocycles. The van der Waals surface area contributed by atoms with Crippen molar-refractivity contribution in [3.63, 3.8) is 0 Å². The second-order valence-corrected chi connectivity index (χ2v) is 4.56. The Morgan fingerprint density at radius 2 is 1.84 bits per heavy atom. The van der Waals surface area contributed by atoms with Crippen LogP contribution in [0.15, 0.2) is 54.7 Å². The first-order valence-electron chi connectivity index (χ1n) is 6.22. The summed E-state index contributed by atoms with van der Waals surface area (Å²) in [4.78, 5) is 0. The van der Waals surface area contributed by atoms with E-state index in [-0.39, 0.29) is 0 Å². The van der Waals surface area contributed by atoms with Gasteiger partial charge in [0.15, 0.2) is 0 Å². The van der Waals surface area contributed by atoms with Crippen molar-refractivity contribution in [2.45, 2.75) is 0 Å². The number of aromatic nitrogens is 1. The smallest absolute Gasteiger partial charge is 0.120 e. The number of ether oxygens (including phenoxy) is 1. The van der Waals surface area contributed by atoms with E-state index in [1.807, 2.05) is 24.3 Å². The van der Waals surface area contributed by atoms with E-state index in [9.17, 15) is 0 Å². The van der Waals surface area contributed by atoms with E-state index in [0.29, 0.717) is 0 Å². The van der Waals surface area contributed by atoms with Gasteiger partial charge in [-0.05, 0) is 36.4 Å². The number of benzene rings is 2. The number of fused-ring (bicyclic) bond motifs is 1. The molecule has 3 heteroatoms. The van der Waals surface area contributed by atoms with Gasteiger partial charge in [0.1, 0.15) is 5.75 Å². The molecule has 0 radical (unpaired) electrons. The van der Waals surface area contributed by atoms with E-state index in [0.717, 1.165) is 17.1 Å². The van der Waals surface area contributed by atoms with E-state index in [4.69, 9.17) is 4.74 Å². The molecule has 0 aliphatic rings. The minimum absolute atomic E-state index is 0.853. The predicted octanol–water partition coefficient (Wildman–Crippen LogP) is 3.93. The molecule has 0 aliphatic heterocycles. The monoisotopic (exact) mass is 252 g/mol. The van der Waals surface area contributed by atoms with Crippen LogP contribution >= 0.6 is 0 Å². The number of aryl methyl sites for hydroxylation is 1. The quantitative estimate of drug-likeness (QED) is 0.764. The molecule has 0 aliphatic carbocycles. The number of methoxy groups -OCH3 is 1. The molecule has 0 spiro atoms. The predicted molar refractivity (Wildman–Crippen MR) is 79.2 cm³/mol. The summed E-state index contributed by atoms with van der Waals surface area (Å²) >= 11 is 0. The van der Waals surface area contributed by atoms with Crippen LogP contribution < -0.4 is 10.1 Å². The molecule has 1 N–H and O–H groups in total. The first kappa shape index (κ1) is 11.7. The molecule has 0 bridgehead atoms. The number of hydrogen-bond acceptors (Lipinski definition) is 2. The Balaban J connectivity index is 1.91. The van der Waals surface area contributed by atoms with Gasteiger partial charge in [0.25, 0.3) is 0 Å². The molecule has 0 unspecified atom stereocenters. The molecule has 2 aromatic carbocycles. The first-order valence-corrected chi connectivity index (χ1v) is 6.22. The van der Waals surface area contributed by atoms with Crippen LogP contribution in [0.5, 0.6) is 5.75 Å². The zero-order valence-electron chi connectivity index (χ0n) is 11.1. The molecule has 19 heavy (non-hydrogen) atoms. The second-order valence-electron chi connectivity index (χ2n) is 4.56. The maximum Gasteiger partial charge on any atom is 0.120 e. The van der Waals surface area contributed by atoms with Crippen molar-refractivity contribution in [3.05, 3.63) is 54.7 Å². The topological polar surface area (TPSA) is 26.2 Å². The van der Waals surface area contributed by atoms with E-state index >= 15 is 0 Å². The zero-order valence-corrected chi connectivity index (χ0v) is 11.1. The largest absolute Gasteiger partial charge is 0.497 e. The van der Waals surface area contributed by atoms with E-state index in [2.05, 4.69) is 47.4 Å². The maximum absolute atomic E-state index is 5.22. The molecule has 0 fully saturated rings. The highest BCUT2D eigenvalue weighted by atomic mass is 16.5. The summed E-state index contributed by atoms with van der Waals surface area (Å²) in [5, 5.41) is 4.62. The minimum atomic E-state index is 0.853. The van der Waals surface area contributed by atoms with Crippen molar-refractivity contribution in [2.24, 2.45) is 7.05 Å². The van der Waals surface area contributed by atoms with Crippen LogP contribution in [-0.4, -0.2) is 11.7 Å². The number of rotatable bonds is 3. The Labute approximate surface area is 112 Å². The van der Waals surface area contributed by atoms with Gasteiger partial charge >= 0.3 is 0 Å².